The highest BCUT2D eigenvalue weighted by molar-refractivity contribution is 6.30. The van der Waals surface area contributed by atoms with Crippen LogP contribution >= 0.6 is 11.6 Å². The van der Waals surface area contributed by atoms with Gasteiger partial charge in [0.25, 0.3) is 11.6 Å². The fourth-order valence-electron chi connectivity index (χ4n) is 2.26. The lowest BCUT2D eigenvalue weighted by Crippen LogP contribution is -2.21. The number of hydrogen-bond acceptors (Lipinski definition) is 6. The van der Waals surface area contributed by atoms with Crippen molar-refractivity contribution in [2.45, 2.75) is 19.8 Å². The third-order valence-electron chi connectivity index (χ3n) is 3.79. The second kappa shape index (κ2) is 9.61. The van der Waals surface area contributed by atoms with Crippen LogP contribution in [0.1, 0.15) is 28.8 Å². The first-order chi connectivity index (χ1) is 13.3. The first kappa shape index (κ1) is 21.0. The van der Waals surface area contributed by atoms with E-state index in [4.69, 9.17) is 16.3 Å². The molecule has 0 aromatic heterocycles. The van der Waals surface area contributed by atoms with Crippen molar-refractivity contribution in [2.75, 3.05) is 11.9 Å². The van der Waals surface area contributed by atoms with Crippen LogP contribution in [0.25, 0.3) is 0 Å². The van der Waals surface area contributed by atoms with Crippen molar-refractivity contribution in [3.63, 3.8) is 0 Å². The molecule has 0 spiro atoms. The van der Waals surface area contributed by atoms with Gasteiger partial charge in [-0.3, -0.25) is 24.5 Å². The summed E-state index contributed by atoms with van der Waals surface area (Å²) in [6, 6.07) is 10.3. The van der Waals surface area contributed by atoms with Crippen LogP contribution in [-0.4, -0.2) is 29.2 Å². The molecule has 0 heterocycles. The number of nitrogens with zero attached hydrogens (tertiary/aromatic N) is 1. The lowest BCUT2D eigenvalue weighted by Gasteiger charge is -2.09. The minimum absolute atomic E-state index is 0.0634. The van der Waals surface area contributed by atoms with Crippen molar-refractivity contribution in [3.05, 3.63) is 68.7 Å². The van der Waals surface area contributed by atoms with E-state index in [0.29, 0.717) is 16.1 Å². The normalized spacial score (nSPS) is 10.2. The minimum Gasteiger partial charge on any atom is -0.456 e. The monoisotopic (exact) mass is 404 g/mol. The number of esters is 1. The topological polar surface area (TPSA) is 116 Å². The molecule has 0 atom stereocenters. The van der Waals surface area contributed by atoms with Gasteiger partial charge in [0.1, 0.15) is 0 Å². The minimum atomic E-state index is -0.701. The number of non-ortho nitro benzene ring substituents is 1. The van der Waals surface area contributed by atoms with Crippen LogP contribution < -0.4 is 5.32 Å². The second-order valence-electron chi connectivity index (χ2n) is 5.90. The molecule has 146 valence electrons. The molecule has 0 saturated heterocycles. The molecular weight excluding hydrogens is 388 g/mol. The van der Waals surface area contributed by atoms with E-state index in [2.05, 4.69) is 5.32 Å². The second-order valence-corrected chi connectivity index (χ2v) is 6.33. The van der Waals surface area contributed by atoms with E-state index in [1.165, 1.54) is 18.2 Å². The highest BCUT2D eigenvalue weighted by Gasteiger charge is 2.14. The summed E-state index contributed by atoms with van der Waals surface area (Å²) >= 11 is 5.75. The van der Waals surface area contributed by atoms with E-state index < -0.39 is 23.4 Å². The van der Waals surface area contributed by atoms with Crippen LogP contribution in [-0.2, 0) is 14.3 Å². The molecule has 28 heavy (non-hydrogen) atoms. The number of ketones is 1. The number of hydrogen-bond donors (Lipinski definition) is 1. The molecule has 0 aliphatic carbocycles. The number of nitro benzene ring substituents is 1. The van der Waals surface area contributed by atoms with Crippen molar-refractivity contribution >= 4 is 40.6 Å². The van der Waals surface area contributed by atoms with Crippen LogP contribution in [0.4, 0.5) is 11.4 Å². The fourth-order valence-corrected chi connectivity index (χ4v) is 2.38. The number of rotatable bonds is 8. The average molecular weight is 405 g/mol. The first-order valence-electron chi connectivity index (χ1n) is 8.25. The summed E-state index contributed by atoms with van der Waals surface area (Å²) in [7, 11) is 0. The summed E-state index contributed by atoms with van der Waals surface area (Å²) in [6.07, 6.45) is -0.239. The summed E-state index contributed by atoms with van der Waals surface area (Å²) in [4.78, 5) is 45.8. The van der Waals surface area contributed by atoms with E-state index in [1.54, 1.807) is 31.2 Å². The molecular formula is C19H17ClN2O6. The molecule has 0 unspecified atom stereocenters. The zero-order chi connectivity index (χ0) is 20.7. The van der Waals surface area contributed by atoms with Gasteiger partial charge < -0.3 is 10.1 Å². The van der Waals surface area contributed by atoms with Crippen LogP contribution in [0.15, 0.2) is 42.5 Å². The van der Waals surface area contributed by atoms with Gasteiger partial charge in [-0.2, -0.15) is 0 Å². The summed E-state index contributed by atoms with van der Waals surface area (Å²) < 4.78 is 4.84. The van der Waals surface area contributed by atoms with Crippen LogP contribution in [0.2, 0.25) is 5.02 Å². The highest BCUT2D eigenvalue weighted by Crippen LogP contribution is 2.21. The van der Waals surface area contributed by atoms with Crippen LogP contribution in [0.5, 0.6) is 0 Å². The Morgan fingerprint density at radius 1 is 1.11 bits per heavy atom. The third kappa shape index (κ3) is 6.17. The van der Waals surface area contributed by atoms with Gasteiger partial charge >= 0.3 is 5.97 Å². The number of aryl methyl sites for hydroxylation is 1. The maximum Gasteiger partial charge on any atom is 0.306 e. The number of carbonyl (C=O) groups excluding carboxylic acids is 3. The fraction of sp³-hybridized carbons (Fsp3) is 0.211. The molecule has 2 aromatic rings. The molecule has 2 rings (SSSR count). The van der Waals surface area contributed by atoms with Crippen molar-refractivity contribution in [2.24, 2.45) is 0 Å². The van der Waals surface area contributed by atoms with Gasteiger partial charge in [0.05, 0.1) is 17.0 Å². The predicted octanol–water partition coefficient (Wildman–Crippen LogP) is 3.70. The van der Waals surface area contributed by atoms with Crippen LogP contribution in [0.3, 0.4) is 0 Å². The van der Waals surface area contributed by atoms with Gasteiger partial charge in [0.2, 0.25) is 0 Å². The Hall–Kier alpha value is -3.26. The van der Waals surface area contributed by atoms with Crippen molar-refractivity contribution in [1.82, 2.24) is 0 Å². The predicted molar refractivity (Wildman–Crippen MR) is 102 cm³/mol. The number of benzene rings is 2. The average Bonchev–Trinajstić information content (AvgIpc) is 2.66. The van der Waals surface area contributed by atoms with Crippen LogP contribution in [0, 0.1) is 17.0 Å². The molecule has 1 N–H and O–H groups in total. The zero-order valence-corrected chi connectivity index (χ0v) is 15.7. The molecule has 0 aliphatic heterocycles. The van der Waals surface area contributed by atoms with Crippen molar-refractivity contribution < 1.29 is 24.0 Å². The molecule has 0 radical (unpaired) electrons. The van der Waals surface area contributed by atoms with E-state index in [0.717, 1.165) is 0 Å². The van der Waals surface area contributed by atoms with Gasteiger partial charge in [0.15, 0.2) is 12.4 Å². The maximum absolute atomic E-state index is 12.0. The number of Topliss-reactive ketones (excluding diaryl/α,β-unsaturated/α-hetero) is 1. The van der Waals surface area contributed by atoms with Crippen molar-refractivity contribution in [1.29, 1.82) is 0 Å². The van der Waals surface area contributed by atoms with Gasteiger partial charge in [-0.05, 0) is 36.8 Å². The number of halogens is 1. The van der Waals surface area contributed by atoms with Gasteiger partial charge in [-0.1, -0.05) is 17.7 Å². The van der Waals surface area contributed by atoms with Gasteiger partial charge in [-0.25, -0.2) is 0 Å². The molecule has 1 amide bonds. The molecule has 0 aliphatic rings. The summed E-state index contributed by atoms with van der Waals surface area (Å²) in [5, 5.41) is 13.8. The standard InChI is InChI=1S/C19H17ClN2O6/c1-12-2-7-15(22(26)27)10-16(12)21-18(24)11-28-19(25)9-8-17(23)13-3-5-14(20)6-4-13/h2-7,10H,8-9,11H2,1H3,(H,21,24). The lowest BCUT2D eigenvalue weighted by atomic mass is 10.1. The molecule has 8 nitrogen and oxygen atoms in total. The summed E-state index contributed by atoms with van der Waals surface area (Å²) in [6.45, 7) is 1.11. The Kier molecular flexibility index (Phi) is 7.22. The van der Waals surface area contributed by atoms with Crippen molar-refractivity contribution in [3.8, 4) is 0 Å². The van der Waals surface area contributed by atoms with E-state index in [9.17, 15) is 24.5 Å². The number of carbonyl (C=O) groups is 3. The highest BCUT2D eigenvalue weighted by atomic mass is 35.5. The number of nitrogens with one attached hydrogen (secondary N) is 1. The number of ether oxygens (including phenoxy) is 1. The Balaban J connectivity index is 1.80. The third-order valence-corrected chi connectivity index (χ3v) is 4.04. The SMILES string of the molecule is Cc1ccc([N+](=O)[O-])cc1NC(=O)COC(=O)CCC(=O)c1ccc(Cl)cc1. The smallest absolute Gasteiger partial charge is 0.306 e. The molecule has 9 heteroatoms. The largest absolute Gasteiger partial charge is 0.456 e. The van der Waals surface area contributed by atoms with Gasteiger partial charge in [0, 0.05) is 29.1 Å². The van der Waals surface area contributed by atoms with E-state index in [1.807, 2.05) is 0 Å². The number of nitro groups is 1. The zero-order valence-electron chi connectivity index (χ0n) is 14.9. The number of anilines is 1. The summed E-state index contributed by atoms with van der Waals surface area (Å²) in [5.74, 6) is -1.58. The lowest BCUT2D eigenvalue weighted by molar-refractivity contribution is -0.384. The summed E-state index contributed by atoms with van der Waals surface area (Å²) in [5.41, 5.74) is 1.14. The van der Waals surface area contributed by atoms with E-state index in [-0.39, 0.29) is 30.0 Å². The Morgan fingerprint density at radius 3 is 2.43 bits per heavy atom. The van der Waals surface area contributed by atoms with E-state index >= 15 is 0 Å². The molecule has 2 aromatic carbocycles. The maximum atomic E-state index is 12.0. The first-order valence-corrected chi connectivity index (χ1v) is 8.63. The molecule has 0 fully saturated rings. The molecule has 0 bridgehead atoms. The van der Waals surface area contributed by atoms with Gasteiger partial charge in [-0.15, -0.1) is 0 Å². The Morgan fingerprint density at radius 2 is 1.79 bits per heavy atom. The Labute approximate surface area is 165 Å². The Bertz CT molecular complexity index is 911. The quantitative estimate of drug-likeness (QED) is 0.310. The molecule has 0 saturated carbocycles. The number of amides is 1.